The van der Waals surface area contributed by atoms with Crippen molar-refractivity contribution in [2.75, 3.05) is 12.4 Å². The summed E-state index contributed by atoms with van der Waals surface area (Å²) in [5.74, 6) is 0.707. The molecule has 0 heterocycles. The van der Waals surface area contributed by atoms with Gasteiger partial charge >= 0.3 is 0 Å². The number of hydrogen-bond acceptors (Lipinski definition) is 2. The third-order valence-electron chi connectivity index (χ3n) is 2.75. The lowest BCUT2D eigenvalue weighted by Crippen LogP contribution is -2.02. The maximum atomic E-state index is 12.1. The number of benzene rings is 1. The van der Waals surface area contributed by atoms with Crippen LogP contribution in [0.3, 0.4) is 0 Å². The van der Waals surface area contributed by atoms with E-state index in [4.69, 9.17) is 16.3 Å². The van der Waals surface area contributed by atoms with E-state index in [0.29, 0.717) is 22.8 Å². The Kier molecular flexibility index (Phi) is 7.36. The molecule has 0 saturated carbocycles. The SMILES string of the molecule is COc1ccc(Cl)cc1C(=O)CCCCCCBr. The van der Waals surface area contributed by atoms with Crippen LogP contribution >= 0.6 is 27.5 Å². The van der Waals surface area contributed by atoms with Gasteiger partial charge in [-0.15, -0.1) is 0 Å². The summed E-state index contributed by atoms with van der Waals surface area (Å²) in [4.78, 5) is 12.1. The molecule has 0 aromatic heterocycles. The van der Waals surface area contributed by atoms with E-state index in [2.05, 4.69) is 15.9 Å². The summed E-state index contributed by atoms with van der Waals surface area (Å²) in [6.07, 6.45) is 4.88. The largest absolute Gasteiger partial charge is 0.496 e. The van der Waals surface area contributed by atoms with Gasteiger partial charge in [-0.25, -0.2) is 0 Å². The van der Waals surface area contributed by atoms with E-state index in [9.17, 15) is 4.79 Å². The summed E-state index contributed by atoms with van der Waals surface area (Å²) in [6, 6.07) is 5.15. The molecule has 100 valence electrons. The lowest BCUT2D eigenvalue weighted by molar-refractivity contribution is 0.0976. The molecule has 0 fully saturated rings. The summed E-state index contributed by atoms with van der Waals surface area (Å²) in [5.41, 5.74) is 0.588. The average molecular weight is 334 g/mol. The molecule has 0 aliphatic heterocycles. The normalized spacial score (nSPS) is 10.4. The molecule has 2 nitrogen and oxygen atoms in total. The highest BCUT2D eigenvalue weighted by atomic mass is 79.9. The van der Waals surface area contributed by atoms with E-state index >= 15 is 0 Å². The fraction of sp³-hybridized carbons (Fsp3) is 0.500. The van der Waals surface area contributed by atoms with E-state index in [0.717, 1.165) is 31.0 Å². The quantitative estimate of drug-likeness (QED) is 0.385. The van der Waals surface area contributed by atoms with Crippen molar-refractivity contribution in [3.05, 3.63) is 28.8 Å². The second kappa shape index (κ2) is 8.54. The van der Waals surface area contributed by atoms with Crippen molar-refractivity contribution in [1.29, 1.82) is 0 Å². The van der Waals surface area contributed by atoms with E-state index < -0.39 is 0 Å². The Labute approximate surface area is 122 Å². The molecule has 1 aromatic rings. The number of carbonyl (C=O) groups is 1. The zero-order valence-electron chi connectivity index (χ0n) is 10.5. The first kappa shape index (κ1) is 15.5. The first-order valence-corrected chi connectivity index (χ1v) is 7.61. The molecule has 0 bridgehead atoms. The molecule has 0 aliphatic rings. The smallest absolute Gasteiger partial charge is 0.166 e. The van der Waals surface area contributed by atoms with Gasteiger partial charge in [0.25, 0.3) is 0 Å². The highest BCUT2D eigenvalue weighted by molar-refractivity contribution is 9.09. The van der Waals surface area contributed by atoms with Gasteiger partial charge in [0, 0.05) is 16.8 Å². The number of hydrogen-bond donors (Lipinski definition) is 0. The van der Waals surface area contributed by atoms with Crippen molar-refractivity contribution < 1.29 is 9.53 Å². The lowest BCUT2D eigenvalue weighted by Gasteiger charge is -2.08. The van der Waals surface area contributed by atoms with Gasteiger partial charge in [0.1, 0.15) is 5.75 Å². The van der Waals surface area contributed by atoms with Crippen molar-refractivity contribution in [1.82, 2.24) is 0 Å². The molecule has 0 spiro atoms. The predicted octanol–water partition coefficient (Wildman–Crippen LogP) is 4.88. The molecule has 0 atom stereocenters. The van der Waals surface area contributed by atoms with Gasteiger partial charge in [-0.05, 0) is 31.0 Å². The third kappa shape index (κ3) is 4.99. The molecule has 0 aliphatic carbocycles. The Morgan fingerprint density at radius 3 is 2.67 bits per heavy atom. The van der Waals surface area contributed by atoms with Crippen molar-refractivity contribution in [2.45, 2.75) is 32.1 Å². The molecule has 0 radical (unpaired) electrons. The van der Waals surface area contributed by atoms with Gasteiger partial charge in [0.05, 0.1) is 12.7 Å². The maximum Gasteiger partial charge on any atom is 0.166 e. The standard InChI is InChI=1S/C14H18BrClO2/c1-18-14-8-7-11(16)10-12(14)13(17)6-4-2-3-5-9-15/h7-8,10H,2-6,9H2,1H3. The Morgan fingerprint density at radius 2 is 2.00 bits per heavy atom. The maximum absolute atomic E-state index is 12.1. The zero-order valence-corrected chi connectivity index (χ0v) is 12.9. The van der Waals surface area contributed by atoms with Crippen LogP contribution in [0, 0.1) is 0 Å². The Morgan fingerprint density at radius 1 is 1.28 bits per heavy atom. The Hall–Kier alpha value is -0.540. The molecule has 0 N–H and O–H groups in total. The van der Waals surface area contributed by atoms with Crippen LogP contribution in [0.4, 0.5) is 0 Å². The molecule has 1 aromatic carbocycles. The van der Waals surface area contributed by atoms with Crippen LogP contribution in [-0.4, -0.2) is 18.2 Å². The third-order valence-corrected chi connectivity index (χ3v) is 3.55. The highest BCUT2D eigenvalue weighted by Crippen LogP contribution is 2.24. The molecule has 4 heteroatoms. The van der Waals surface area contributed by atoms with Gasteiger partial charge in [0.15, 0.2) is 5.78 Å². The fourth-order valence-corrected chi connectivity index (χ4v) is 2.33. The number of methoxy groups -OCH3 is 1. The van der Waals surface area contributed by atoms with Crippen LogP contribution in [0.25, 0.3) is 0 Å². The fourth-order valence-electron chi connectivity index (χ4n) is 1.77. The average Bonchev–Trinajstić information content (AvgIpc) is 2.38. The van der Waals surface area contributed by atoms with Crippen LogP contribution in [0.5, 0.6) is 5.75 Å². The van der Waals surface area contributed by atoms with Crippen LogP contribution in [-0.2, 0) is 0 Å². The number of unbranched alkanes of at least 4 members (excludes halogenated alkanes) is 3. The monoisotopic (exact) mass is 332 g/mol. The van der Waals surface area contributed by atoms with Crippen LogP contribution in [0.1, 0.15) is 42.5 Å². The second-order valence-electron chi connectivity index (χ2n) is 4.12. The molecular weight excluding hydrogens is 316 g/mol. The minimum atomic E-state index is 0.105. The summed E-state index contributed by atoms with van der Waals surface area (Å²) in [5, 5.41) is 1.60. The predicted molar refractivity (Wildman–Crippen MR) is 79.2 cm³/mol. The molecular formula is C14H18BrClO2. The second-order valence-corrected chi connectivity index (χ2v) is 5.35. The molecule has 1 rings (SSSR count). The molecule has 0 saturated heterocycles. The van der Waals surface area contributed by atoms with Gasteiger partial charge in [0.2, 0.25) is 0 Å². The van der Waals surface area contributed by atoms with E-state index in [-0.39, 0.29) is 5.78 Å². The summed E-state index contributed by atoms with van der Waals surface area (Å²) >= 11 is 9.30. The number of rotatable bonds is 8. The van der Waals surface area contributed by atoms with Crippen LogP contribution in [0.15, 0.2) is 18.2 Å². The number of Topliss-reactive ketones (excluding diaryl/α,β-unsaturated/α-hetero) is 1. The summed E-state index contributed by atoms with van der Waals surface area (Å²) in [6.45, 7) is 0. The molecule has 0 unspecified atom stereocenters. The topological polar surface area (TPSA) is 26.3 Å². The molecule has 0 amide bonds. The summed E-state index contributed by atoms with van der Waals surface area (Å²) in [7, 11) is 1.57. The zero-order chi connectivity index (χ0) is 13.4. The van der Waals surface area contributed by atoms with Crippen molar-refractivity contribution >= 4 is 33.3 Å². The Balaban J connectivity index is 2.52. The van der Waals surface area contributed by atoms with E-state index in [1.165, 1.54) is 0 Å². The summed E-state index contributed by atoms with van der Waals surface area (Å²) < 4.78 is 5.18. The van der Waals surface area contributed by atoms with Gasteiger partial charge in [-0.3, -0.25) is 4.79 Å². The van der Waals surface area contributed by atoms with E-state index in [1.54, 1.807) is 25.3 Å². The van der Waals surface area contributed by atoms with Crippen molar-refractivity contribution in [2.24, 2.45) is 0 Å². The minimum absolute atomic E-state index is 0.105. The minimum Gasteiger partial charge on any atom is -0.496 e. The number of carbonyl (C=O) groups excluding carboxylic acids is 1. The Bertz CT molecular complexity index is 393. The highest BCUT2D eigenvalue weighted by Gasteiger charge is 2.12. The van der Waals surface area contributed by atoms with Gasteiger partial charge < -0.3 is 4.74 Å². The number of ether oxygens (including phenoxy) is 1. The molecule has 18 heavy (non-hydrogen) atoms. The van der Waals surface area contributed by atoms with Crippen molar-refractivity contribution in [3.8, 4) is 5.75 Å². The first-order chi connectivity index (χ1) is 8.69. The van der Waals surface area contributed by atoms with E-state index in [1.807, 2.05) is 0 Å². The van der Waals surface area contributed by atoms with Gasteiger partial charge in [-0.2, -0.15) is 0 Å². The van der Waals surface area contributed by atoms with Gasteiger partial charge in [-0.1, -0.05) is 40.4 Å². The lowest BCUT2D eigenvalue weighted by atomic mass is 10.0. The van der Waals surface area contributed by atoms with Crippen LogP contribution < -0.4 is 4.74 Å². The van der Waals surface area contributed by atoms with Crippen molar-refractivity contribution in [3.63, 3.8) is 0 Å². The first-order valence-electron chi connectivity index (χ1n) is 6.11. The number of halogens is 2. The number of ketones is 1. The van der Waals surface area contributed by atoms with Crippen LogP contribution in [0.2, 0.25) is 5.02 Å². The number of alkyl halides is 1.